The van der Waals surface area contributed by atoms with E-state index in [1.165, 1.54) is 6.42 Å². The molecule has 0 unspecified atom stereocenters. The van der Waals surface area contributed by atoms with Gasteiger partial charge in [-0.2, -0.15) is 5.06 Å². The molecule has 0 radical (unpaired) electrons. The van der Waals surface area contributed by atoms with Gasteiger partial charge < -0.3 is 0 Å². The predicted octanol–water partition coefficient (Wildman–Crippen LogP) is 0.644. The van der Waals surface area contributed by atoms with E-state index >= 15 is 0 Å². The Morgan fingerprint density at radius 3 is 2.43 bits per heavy atom. The van der Waals surface area contributed by atoms with E-state index in [9.17, 15) is 0 Å². The van der Waals surface area contributed by atoms with E-state index in [0.29, 0.717) is 0 Å². The van der Waals surface area contributed by atoms with Crippen molar-refractivity contribution in [3.8, 4) is 0 Å². The van der Waals surface area contributed by atoms with Crippen molar-refractivity contribution in [3.63, 3.8) is 0 Å². The monoisotopic (exact) mass is 101 g/mol. The average molecular weight is 101 g/mol. The summed E-state index contributed by atoms with van der Waals surface area (Å²) >= 11 is 0. The molecular weight excluding hydrogens is 90.1 g/mol. The molecule has 0 bridgehead atoms. The Hall–Kier alpha value is -0.0800. The van der Waals surface area contributed by atoms with E-state index in [4.69, 9.17) is 4.84 Å². The van der Waals surface area contributed by atoms with Gasteiger partial charge in [-0.05, 0) is 13.3 Å². The molecule has 0 aromatic rings. The third-order valence-electron chi connectivity index (χ3n) is 1.13. The zero-order chi connectivity index (χ0) is 5.11. The maximum atomic E-state index is 5.11. The molecule has 0 saturated carbocycles. The highest BCUT2D eigenvalue weighted by Gasteiger charge is 2.11. The zero-order valence-corrected chi connectivity index (χ0v) is 4.68. The van der Waals surface area contributed by atoms with Crippen LogP contribution in [-0.2, 0) is 4.84 Å². The number of rotatable bonds is 2. The Bertz CT molecular complexity index is 52.0. The van der Waals surface area contributed by atoms with Crippen LogP contribution in [0, 0.1) is 0 Å². The fraction of sp³-hybridized carbons (Fsp3) is 1.00. The summed E-state index contributed by atoms with van der Waals surface area (Å²) < 4.78 is 0. The molecule has 0 atom stereocenters. The Morgan fingerprint density at radius 1 is 1.57 bits per heavy atom. The number of nitrogens with zero attached hydrogens (tertiary/aromatic N) is 1. The Kier molecular flexibility index (Phi) is 1.65. The van der Waals surface area contributed by atoms with Crippen LogP contribution in [0.2, 0.25) is 0 Å². The minimum absolute atomic E-state index is 0.819. The van der Waals surface area contributed by atoms with Crippen LogP contribution < -0.4 is 0 Å². The molecule has 0 aromatic heterocycles. The van der Waals surface area contributed by atoms with Gasteiger partial charge in [0.05, 0.1) is 6.61 Å². The Balaban J connectivity index is 1.93. The highest BCUT2D eigenvalue weighted by Crippen LogP contribution is 2.04. The maximum Gasteiger partial charge on any atom is 0.0656 e. The first-order valence-corrected chi connectivity index (χ1v) is 2.81. The largest absolute Gasteiger partial charge is 0.299 e. The summed E-state index contributed by atoms with van der Waals surface area (Å²) in [5, 5.41) is 1.99. The van der Waals surface area contributed by atoms with Gasteiger partial charge in [-0.1, -0.05) is 0 Å². The molecule has 2 heteroatoms. The smallest absolute Gasteiger partial charge is 0.0656 e. The zero-order valence-electron chi connectivity index (χ0n) is 4.68. The van der Waals surface area contributed by atoms with E-state index in [-0.39, 0.29) is 0 Å². The molecule has 0 aromatic carbocycles. The van der Waals surface area contributed by atoms with E-state index in [1.807, 2.05) is 12.0 Å². The fourth-order valence-corrected chi connectivity index (χ4v) is 0.599. The third-order valence-corrected chi connectivity index (χ3v) is 1.13. The predicted molar refractivity (Wildman–Crippen MR) is 27.8 cm³/mol. The first-order chi connectivity index (χ1) is 3.43. The molecule has 1 rings (SSSR count). The summed E-state index contributed by atoms with van der Waals surface area (Å²) in [5.41, 5.74) is 0. The Morgan fingerprint density at radius 2 is 2.29 bits per heavy atom. The van der Waals surface area contributed by atoms with Crippen LogP contribution in [0.4, 0.5) is 0 Å². The number of hydrogen-bond donors (Lipinski definition) is 0. The van der Waals surface area contributed by atoms with Crippen molar-refractivity contribution < 1.29 is 4.84 Å². The first-order valence-electron chi connectivity index (χ1n) is 2.81. The summed E-state index contributed by atoms with van der Waals surface area (Å²) in [7, 11) is 0. The van der Waals surface area contributed by atoms with Gasteiger partial charge in [0, 0.05) is 13.1 Å². The molecule has 0 spiro atoms. The molecule has 1 fully saturated rings. The third kappa shape index (κ3) is 1.14. The molecule has 0 amide bonds. The van der Waals surface area contributed by atoms with Crippen LogP contribution in [0.5, 0.6) is 0 Å². The standard InChI is InChI=1S/C5H11NO/c1-2-7-6-4-3-5-6/h2-5H2,1H3. The lowest BCUT2D eigenvalue weighted by atomic mass is 10.3. The summed E-state index contributed by atoms with van der Waals surface area (Å²) in [5.74, 6) is 0. The van der Waals surface area contributed by atoms with E-state index < -0.39 is 0 Å². The summed E-state index contributed by atoms with van der Waals surface area (Å²) in [6, 6.07) is 0. The van der Waals surface area contributed by atoms with Crippen LogP contribution in [0.3, 0.4) is 0 Å². The lowest BCUT2D eigenvalue weighted by molar-refractivity contribution is -0.192. The van der Waals surface area contributed by atoms with Crippen molar-refractivity contribution >= 4 is 0 Å². The summed E-state index contributed by atoms with van der Waals surface area (Å²) in [4.78, 5) is 5.11. The summed E-state index contributed by atoms with van der Waals surface area (Å²) in [6.45, 7) is 5.10. The van der Waals surface area contributed by atoms with Crippen LogP contribution in [-0.4, -0.2) is 24.8 Å². The second-order valence-electron chi connectivity index (χ2n) is 1.70. The molecular formula is C5H11NO. The van der Waals surface area contributed by atoms with Gasteiger partial charge in [-0.25, -0.2) is 0 Å². The quantitative estimate of drug-likeness (QED) is 0.506. The molecule has 1 heterocycles. The molecule has 0 N–H and O–H groups in total. The van der Waals surface area contributed by atoms with Crippen LogP contribution >= 0.6 is 0 Å². The highest BCUT2D eigenvalue weighted by atomic mass is 16.7. The number of hydrogen-bond acceptors (Lipinski definition) is 2. The minimum atomic E-state index is 0.819. The van der Waals surface area contributed by atoms with Gasteiger partial charge in [0.25, 0.3) is 0 Å². The SMILES string of the molecule is CCON1CCC1. The van der Waals surface area contributed by atoms with Crippen molar-refractivity contribution in [1.82, 2.24) is 5.06 Å². The van der Waals surface area contributed by atoms with Gasteiger partial charge in [-0.3, -0.25) is 4.84 Å². The number of hydroxylamine groups is 2. The van der Waals surface area contributed by atoms with Crippen molar-refractivity contribution in [2.75, 3.05) is 19.7 Å². The van der Waals surface area contributed by atoms with Gasteiger partial charge in [0.1, 0.15) is 0 Å². The van der Waals surface area contributed by atoms with Gasteiger partial charge in [-0.15, -0.1) is 0 Å². The second-order valence-corrected chi connectivity index (χ2v) is 1.70. The topological polar surface area (TPSA) is 12.5 Å². The average Bonchev–Trinajstić information content (AvgIpc) is 1.55. The van der Waals surface area contributed by atoms with Gasteiger partial charge in [0.2, 0.25) is 0 Å². The lowest BCUT2D eigenvalue weighted by Crippen LogP contribution is -2.36. The van der Waals surface area contributed by atoms with E-state index in [2.05, 4.69) is 0 Å². The minimum Gasteiger partial charge on any atom is -0.299 e. The molecule has 0 aliphatic carbocycles. The molecule has 1 aliphatic rings. The first kappa shape index (κ1) is 5.06. The molecule has 7 heavy (non-hydrogen) atoms. The summed E-state index contributed by atoms with van der Waals surface area (Å²) in [6.07, 6.45) is 1.31. The molecule has 1 aliphatic heterocycles. The van der Waals surface area contributed by atoms with Crippen molar-refractivity contribution in [3.05, 3.63) is 0 Å². The van der Waals surface area contributed by atoms with E-state index in [1.54, 1.807) is 0 Å². The molecule has 2 nitrogen and oxygen atoms in total. The fourth-order valence-electron chi connectivity index (χ4n) is 0.599. The lowest BCUT2D eigenvalue weighted by Gasteiger charge is -2.28. The van der Waals surface area contributed by atoms with Gasteiger partial charge in [0.15, 0.2) is 0 Å². The molecule has 1 saturated heterocycles. The van der Waals surface area contributed by atoms with Crippen LogP contribution in [0.25, 0.3) is 0 Å². The van der Waals surface area contributed by atoms with Crippen LogP contribution in [0.1, 0.15) is 13.3 Å². The van der Waals surface area contributed by atoms with Gasteiger partial charge >= 0.3 is 0 Å². The molecule has 42 valence electrons. The van der Waals surface area contributed by atoms with Crippen LogP contribution in [0.15, 0.2) is 0 Å². The van der Waals surface area contributed by atoms with E-state index in [0.717, 1.165) is 19.7 Å². The highest BCUT2D eigenvalue weighted by molar-refractivity contribution is 4.57. The van der Waals surface area contributed by atoms with Crippen molar-refractivity contribution in [2.45, 2.75) is 13.3 Å². The second kappa shape index (κ2) is 2.28. The van der Waals surface area contributed by atoms with Crippen molar-refractivity contribution in [1.29, 1.82) is 0 Å². The maximum absolute atomic E-state index is 5.11. The Labute approximate surface area is 44.0 Å². The van der Waals surface area contributed by atoms with Crippen molar-refractivity contribution in [2.24, 2.45) is 0 Å². The normalized spacial score (nSPS) is 21.9.